The SMILES string of the molecule is CC(C)(C)Nc1nc(C(=O)O)ccc1N. The van der Waals surface area contributed by atoms with E-state index in [2.05, 4.69) is 10.3 Å². The maximum absolute atomic E-state index is 10.7. The van der Waals surface area contributed by atoms with Gasteiger partial charge in [0.15, 0.2) is 11.5 Å². The number of carbonyl (C=O) groups is 1. The highest BCUT2D eigenvalue weighted by Gasteiger charge is 2.14. The van der Waals surface area contributed by atoms with Crippen molar-refractivity contribution in [2.45, 2.75) is 26.3 Å². The number of nitrogens with one attached hydrogen (secondary N) is 1. The zero-order valence-corrected chi connectivity index (χ0v) is 9.03. The quantitative estimate of drug-likeness (QED) is 0.688. The highest BCUT2D eigenvalue weighted by molar-refractivity contribution is 5.86. The Morgan fingerprint density at radius 3 is 2.53 bits per heavy atom. The van der Waals surface area contributed by atoms with Gasteiger partial charge in [0.25, 0.3) is 0 Å². The van der Waals surface area contributed by atoms with E-state index in [1.165, 1.54) is 12.1 Å². The number of rotatable bonds is 2. The molecule has 1 aromatic heterocycles. The molecule has 0 aliphatic rings. The van der Waals surface area contributed by atoms with Gasteiger partial charge in [-0.1, -0.05) is 0 Å². The van der Waals surface area contributed by atoms with Crippen molar-refractivity contribution < 1.29 is 9.90 Å². The molecule has 0 fully saturated rings. The fraction of sp³-hybridized carbons (Fsp3) is 0.400. The van der Waals surface area contributed by atoms with E-state index in [1.54, 1.807) is 0 Å². The molecule has 0 saturated heterocycles. The predicted octanol–water partition coefficient (Wildman–Crippen LogP) is 1.57. The van der Waals surface area contributed by atoms with Gasteiger partial charge in [-0.2, -0.15) is 0 Å². The summed E-state index contributed by atoms with van der Waals surface area (Å²) in [5.41, 5.74) is 5.89. The third-order valence-electron chi connectivity index (χ3n) is 1.64. The van der Waals surface area contributed by atoms with E-state index in [4.69, 9.17) is 10.8 Å². The van der Waals surface area contributed by atoms with Crippen molar-refractivity contribution in [2.24, 2.45) is 0 Å². The summed E-state index contributed by atoms with van der Waals surface area (Å²) in [7, 11) is 0. The second kappa shape index (κ2) is 3.76. The molecule has 5 heteroatoms. The molecule has 1 heterocycles. The maximum atomic E-state index is 10.7. The first-order valence-corrected chi connectivity index (χ1v) is 4.57. The van der Waals surface area contributed by atoms with Crippen LogP contribution in [0.4, 0.5) is 11.5 Å². The highest BCUT2D eigenvalue weighted by atomic mass is 16.4. The Balaban J connectivity index is 3.06. The molecular formula is C10H15N3O2. The van der Waals surface area contributed by atoms with E-state index in [1.807, 2.05) is 20.8 Å². The molecule has 0 radical (unpaired) electrons. The largest absolute Gasteiger partial charge is 0.477 e. The van der Waals surface area contributed by atoms with E-state index < -0.39 is 5.97 Å². The van der Waals surface area contributed by atoms with Crippen molar-refractivity contribution in [2.75, 3.05) is 11.1 Å². The second-order valence-corrected chi connectivity index (χ2v) is 4.31. The fourth-order valence-electron chi connectivity index (χ4n) is 1.04. The lowest BCUT2D eigenvalue weighted by Crippen LogP contribution is -2.27. The van der Waals surface area contributed by atoms with Crippen molar-refractivity contribution in [3.63, 3.8) is 0 Å². The summed E-state index contributed by atoms with van der Waals surface area (Å²) in [6, 6.07) is 2.91. The van der Waals surface area contributed by atoms with Gasteiger partial charge in [-0.15, -0.1) is 0 Å². The van der Waals surface area contributed by atoms with Crippen LogP contribution in [0.2, 0.25) is 0 Å². The topological polar surface area (TPSA) is 88.2 Å². The zero-order valence-electron chi connectivity index (χ0n) is 9.03. The van der Waals surface area contributed by atoms with Gasteiger partial charge in [0.1, 0.15) is 0 Å². The number of anilines is 2. The third-order valence-corrected chi connectivity index (χ3v) is 1.64. The first kappa shape index (κ1) is 11.3. The number of aromatic carboxylic acids is 1. The van der Waals surface area contributed by atoms with Gasteiger partial charge >= 0.3 is 5.97 Å². The summed E-state index contributed by atoms with van der Waals surface area (Å²) in [5, 5.41) is 11.8. The number of carboxylic acid groups (broad SMARTS) is 1. The van der Waals surface area contributed by atoms with Crippen LogP contribution in [-0.2, 0) is 0 Å². The number of nitrogens with two attached hydrogens (primary N) is 1. The Morgan fingerprint density at radius 1 is 1.47 bits per heavy atom. The number of aromatic nitrogens is 1. The van der Waals surface area contributed by atoms with Crippen LogP contribution in [0.3, 0.4) is 0 Å². The van der Waals surface area contributed by atoms with E-state index in [-0.39, 0.29) is 11.2 Å². The minimum Gasteiger partial charge on any atom is -0.477 e. The molecule has 1 aromatic rings. The molecule has 4 N–H and O–H groups in total. The smallest absolute Gasteiger partial charge is 0.354 e. The van der Waals surface area contributed by atoms with Crippen molar-refractivity contribution >= 4 is 17.5 Å². The lowest BCUT2D eigenvalue weighted by molar-refractivity contribution is 0.0690. The summed E-state index contributed by atoms with van der Waals surface area (Å²) in [5.74, 6) is -0.658. The number of pyridine rings is 1. The van der Waals surface area contributed by atoms with Gasteiger partial charge in [-0.05, 0) is 32.9 Å². The van der Waals surface area contributed by atoms with Gasteiger partial charge in [0.05, 0.1) is 5.69 Å². The first-order chi connectivity index (χ1) is 6.79. The van der Waals surface area contributed by atoms with Crippen molar-refractivity contribution in [1.29, 1.82) is 0 Å². The summed E-state index contributed by atoms with van der Waals surface area (Å²) >= 11 is 0. The van der Waals surface area contributed by atoms with Gasteiger partial charge in [0.2, 0.25) is 0 Å². The molecule has 0 saturated carbocycles. The molecule has 0 aromatic carbocycles. The standard InChI is InChI=1S/C10H15N3O2/c1-10(2,3)13-8-6(11)4-5-7(12-8)9(14)15/h4-5H,11H2,1-3H3,(H,12,13)(H,14,15). The number of nitrogens with zero attached hydrogens (tertiary/aromatic N) is 1. The minimum atomic E-state index is -1.06. The number of hydrogen-bond acceptors (Lipinski definition) is 4. The Hall–Kier alpha value is -1.78. The normalized spacial score (nSPS) is 11.1. The fourth-order valence-corrected chi connectivity index (χ4v) is 1.04. The van der Waals surface area contributed by atoms with E-state index >= 15 is 0 Å². The molecule has 0 atom stereocenters. The molecular weight excluding hydrogens is 194 g/mol. The highest BCUT2D eigenvalue weighted by Crippen LogP contribution is 2.19. The maximum Gasteiger partial charge on any atom is 0.354 e. The molecule has 0 bridgehead atoms. The Bertz CT molecular complexity index is 383. The average molecular weight is 209 g/mol. The van der Waals surface area contributed by atoms with Crippen molar-refractivity contribution in [3.05, 3.63) is 17.8 Å². The minimum absolute atomic E-state index is 0.0176. The van der Waals surface area contributed by atoms with Gasteiger partial charge in [0, 0.05) is 5.54 Å². The Kier molecular flexibility index (Phi) is 2.83. The summed E-state index contributed by atoms with van der Waals surface area (Å²) in [4.78, 5) is 14.6. The van der Waals surface area contributed by atoms with Gasteiger partial charge in [-0.25, -0.2) is 9.78 Å². The monoisotopic (exact) mass is 209 g/mol. The third kappa shape index (κ3) is 3.12. The van der Waals surface area contributed by atoms with Gasteiger partial charge < -0.3 is 16.2 Å². The van der Waals surface area contributed by atoms with E-state index in [9.17, 15) is 4.79 Å². The molecule has 5 nitrogen and oxygen atoms in total. The molecule has 0 aliphatic carbocycles. The lowest BCUT2D eigenvalue weighted by atomic mass is 10.1. The van der Waals surface area contributed by atoms with Crippen LogP contribution in [0, 0.1) is 0 Å². The zero-order chi connectivity index (χ0) is 11.6. The molecule has 0 spiro atoms. The Morgan fingerprint density at radius 2 is 2.07 bits per heavy atom. The van der Waals surface area contributed by atoms with Crippen LogP contribution >= 0.6 is 0 Å². The molecule has 15 heavy (non-hydrogen) atoms. The predicted molar refractivity (Wildman–Crippen MR) is 59.0 cm³/mol. The first-order valence-electron chi connectivity index (χ1n) is 4.57. The molecule has 0 aliphatic heterocycles. The van der Waals surface area contributed by atoms with Gasteiger partial charge in [-0.3, -0.25) is 0 Å². The molecule has 0 amide bonds. The van der Waals surface area contributed by atoms with Crippen molar-refractivity contribution in [1.82, 2.24) is 4.98 Å². The van der Waals surface area contributed by atoms with Crippen molar-refractivity contribution in [3.8, 4) is 0 Å². The number of hydrogen-bond donors (Lipinski definition) is 3. The van der Waals surface area contributed by atoms with Crippen LogP contribution in [0.5, 0.6) is 0 Å². The molecule has 82 valence electrons. The Labute approximate surface area is 88.3 Å². The van der Waals surface area contributed by atoms with Crippen LogP contribution in [0.25, 0.3) is 0 Å². The number of carboxylic acids is 1. The summed E-state index contributed by atoms with van der Waals surface area (Å²) in [6.07, 6.45) is 0. The lowest BCUT2D eigenvalue weighted by Gasteiger charge is -2.22. The summed E-state index contributed by atoms with van der Waals surface area (Å²) < 4.78 is 0. The second-order valence-electron chi connectivity index (χ2n) is 4.31. The van der Waals surface area contributed by atoms with E-state index in [0.29, 0.717) is 11.5 Å². The number of nitrogen functional groups attached to an aromatic ring is 1. The van der Waals surface area contributed by atoms with Crippen LogP contribution in [-0.4, -0.2) is 21.6 Å². The van der Waals surface area contributed by atoms with Crippen LogP contribution in [0.1, 0.15) is 31.3 Å². The average Bonchev–Trinajstić information content (AvgIpc) is 2.06. The molecule has 1 rings (SSSR count). The molecule has 0 unspecified atom stereocenters. The summed E-state index contributed by atoms with van der Waals surface area (Å²) in [6.45, 7) is 5.84. The van der Waals surface area contributed by atoms with Crippen LogP contribution < -0.4 is 11.1 Å². The van der Waals surface area contributed by atoms with Crippen LogP contribution in [0.15, 0.2) is 12.1 Å². The van der Waals surface area contributed by atoms with E-state index in [0.717, 1.165) is 0 Å².